The number of ether oxygens (including phenoxy) is 4. The maximum absolute atomic E-state index is 12.5. The van der Waals surface area contributed by atoms with Crippen molar-refractivity contribution in [2.75, 3.05) is 35.5 Å². The van der Waals surface area contributed by atoms with Crippen LogP contribution in [0.25, 0.3) is 0 Å². The quantitative estimate of drug-likeness (QED) is 0.675. The molecule has 0 aromatic heterocycles. The number of carbonyl (C=O) groups excluding carboxylic acids is 1. The molecular formula is C21H27NO5. The van der Waals surface area contributed by atoms with E-state index in [9.17, 15) is 4.79 Å². The SMILES string of the molecule is COc1ccc(CN(C)C(=O)CCc2ccc(OC)c(OC)c2)c(OC)c1. The van der Waals surface area contributed by atoms with Crippen LogP contribution in [-0.2, 0) is 17.8 Å². The van der Waals surface area contributed by atoms with Crippen LogP contribution in [0, 0.1) is 0 Å². The molecule has 2 aromatic rings. The van der Waals surface area contributed by atoms with Crippen molar-refractivity contribution in [3.8, 4) is 23.0 Å². The lowest BCUT2D eigenvalue weighted by Crippen LogP contribution is -2.26. The van der Waals surface area contributed by atoms with Gasteiger partial charge in [0.2, 0.25) is 5.91 Å². The molecule has 0 atom stereocenters. The average molecular weight is 373 g/mol. The standard InChI is InChI=1S/C21H27NO5/c1-22(14-16-8-9-17(24-2)13-19(16)26-4)21(23)11-7-15-6-10-18(25-3)20(12-15)27-5/h6,8-10,12-13H,7,11,14H2,1-5H3. The third kappa shape index (κ3) is 5.29. The zero-order valence-corrected chi connectivity index (χ0v) is 16.6. The maximum Gasteiger partial charge on any atom is 0.222 e. The highest BCUT2D eigenvalue weighted by Gasteiger charge is 2.14. The Labute approximate surface area is 160 Å². The van der Waals surface area contributed by atoms with Gasteiger partial charge in [-0.3, -0.25) is 4.79 Å². The first-order chi connectivity index (χ1) is 13.0. The molecule has 6 nitrogen and oxygen atoms in total. The third-order valence-corrected chi connectivity index (χ3v) is 4.40. The summed E-state index contributed by atoms with van der Waals surface area (Å²) < 4.78 is 21.2. The number of amides is 1. The van der Waals surface area contributed by atoms with Crippen LogP contribution in [0.2, 0.25) is 0 Å². The minimum atomic E-state index is 0.0580. The van der Waals surface area contributed by atoms with Crippen LogP contribution >= 0.6 is 0 Å². The first-order valence-corrected chi connectivity index (χ1v) is 8.68. The van der Waals surface area contributed by atoms with Gasteiger partial charge in [-0.2, -0.15) is 0 Å². The summed E-state index contributed by atoms with van der Waals surface area (Å²) in [7, 11) is 8.21. The summed E-state index contributed by atoms with van der Waals surface area (Å²) in [5.41, 5.74) is 1.96. The second-order valence-corrected chi connectivity index (χ2v) is 6.12. The van der Waals surface area contributed by atoms with E-state index in [-0.39, 0.29) is 5.91 Å². The van der Waals surface area contributed by atoms with Crippen LogP contribution < -0.4 is 18.9 Å². The van der Waals surface area contributed by atoms with Crippen LogP contribution in [0.3, 0.4) is 0 Å². The van der Waals surface area contributed by atoms with Crippen molar-refractivity contribution >= 4 is 5.91 Å². The molecule has 0 aliphatic heterocycles. The molecule has 27 heavy (non-hydrogen) atoms. The molecule has 0 saturated carbocycles. The minimum Gasteiger partial charge on any atom is -0.497 e. The molecule has 0 heterocycles. The molecule has 0 bridgehead atoms. The number of hydrogen-bond donors (Lipinski definition) is 0. The van der Waals surface area contributed by atoms with Crippen molar-refractivity contribution in [3.05, 3.63) is 47.5 Å². The third-order valence-electron chi connectivity index (χ3n) is 4.40. The van der Waals surface area contributed by atoms with Crippen molar-refractivity contribution < 1.29 is 23.7 Å². The zero-order valence-electron chi connectivity index (χ0n) is 16.6. The minimum absolute atomic E-state index is 0.0580. The van der Waals surface area contributed by atoms with E-state index in [0.29, 0.717) is 36.6 Å². The number of hydrogen-bond acceptors (Lipinski definition) is 5. The molecule has 0 saturated heterocycles. The number of benzene rings is 2. The molecule has 0 spiro atoms. The van der Waals surface area contributed by atoms with Gasteiger partial charge >= 0.3 is 0 Å². The molecule has 0 aliphatic rings. The normalized spacial score (nSPS) is 10.3. The lowest BCUT2D eigenvalue weighted by Gasteiger charge is -2.19. The van der Waals surface area contributed by atoms with E-state index < -0.39 is 0 Å². The molecule has 0 aliphatic carbocycles. The van der Waals surface area contributed by atoms with Gasteiger partial charge in [-0.25, -0.2) is 0 Å². The number of aryl methyl sites for hydroxylation is 1. The Bertz CT molecular complexity index is 775. The lowest BCUT2D eigenvalue weighted by molar-refractivity contribution is -0.130. The number of rotatable bonds is 9. The Morgan fingerprint density at radius 2 is 1.56 bits per heavy atom. The molecule has 0 fully saturated rings. The van der Waals surface area contributed by atoms with E-state index in [1.54, 1.807) is 40.4 Å². The summed E-state index contributed by atoms with van der Waals surface area (Å²) in [4.78, 5) is 14.2. The van der Waals surface area contributed by atoms with Crippen LogP contribution in [-0.4, -0.2) is 46.3 Å². The second kappa shape index (κ2) is 9.71. The fraction of sp³-hybridized carbons (Fsp3) is 0.381. The van der Waals surface area contributed by atoms with Crippen molar-refractivity contribution in [1.29, 1.82) is 0 Å². The molecule has 1 amide bonds. The molecule has 0 N–H and O–H groups in total. The largest absolute Gasteiger partial charge is 0.497 e. The Kier molecular flexibility index (Phi) is 7.34. The highest BCUT2D eigenvalue weighted by Crippen LogP contribution is 2.28. The highest BCUT2D eigenvalue weighted by molar-refractivity contribution is 5.76. The van der Waals surface area contributed by atoms with E-state index in [2.05, 4.69) is 0 Å². The Morgan fingerprint density at radius 3 is 2.19 bits per heavy atom. The maximum atomic E-state index is 12.5. The fourth-order valence-corrected chi connectivity index (χ4v) is 2.80. The molecule has 6 heteroatoms. The fourth-order valence-electron chi connectivity index (χ4n) is 2.80. The van der Waals surface area contributed by atoms with Crippen molar-refractivity contribution in [3.63, 3.8) is 0 Å². The first-order valence-electron chi connectivity index (χ1n) is 8.68. The van der Waals surface area contributed by atoms with Crippen LogP contribution in [0.1, 0.15) is 17.5 Å². The predicted molar refractivity (Wildman–Crippen MR) is 104 cm³/mol. The molecule has 0 radical (unpaired) electrons. The summed E-state index contributed by atoms with van der Waals surface area (Å²) in [5.74, 6) is 2.82. The van der Waals surface area contributed by atoms with Crippen molar-refractivity contribution in [2.24, 2.45) is 0 Å². The van der Waals surface area contributed by atoms with Gasteiger partial charge in [0, 0.05) is 31.6 Å². The van der Waals surface area contributed by atoms with Crippen molar-refractivity contribution in [2.45, 2.75) is 19.4 Å². The summed E-state index contributed by atoms with van der Waals surface area (Å²) >= 11 is 0. The zero-order chi connectivity index (χ0) is 19.8. The highest BCUT2D eigenvalue weighted by atomic mass is 16.5. The van der Waals surface area contributed by atoms with Gasteiger partial charge in [0.1, 0.15) is 11.5 Å². The van der Waals surface area contributed by atoms with Gasteiger partial charge in [0.05, 0.1) is 28.4 Å². The molecule has 2 aromatic carbocycles. The topological polar surface area (TPSA) is 57.2 Å². The predicted octanol–water partition coefficient (Wildman–Crippen LogP) is 3.31. The second-order valence-electron chi connectivity index (χ2n) is 6.12. The Morgan fingerprint density at radius 1 is 0.852 bits per heavy atom. The molecule has 0 unspecified atom stereocenters. The van der Waals surface area contributed by atoms with Gasteiger partial charge in [-0.15, -0.1) is 0 Å². The smallest absolute Gasteiger partial charge is 0.222 e. The summed E-state index contributed by atoms with van der Waals surface area (Å²) in [6.07, 6.45) is 1.04. The Hall–Kier alpha value is -2.89. The Balaban J connectivity index is 1.98. The average Bonchev–Trinajstić information content (AvgIpc) is 2.71. The van der Waals surface area contributed by atoms with Gasteiger partial charge < -0.3 is 23.8 Å². The van der Waals surface area contributed by atoms with Gasteiger partial charge in [-0.1, -0.05) is 6.07 Å². The molecule has 2 rings (SSSR count). The van der Waals surface area contributed by atoms with E-state index in [0.717, 1.165) is 16.9 Å². The molecule has 146 valence electrons. The van der Waals surface area contributed by atoms with E-state index in [1.807, 2.05) is 36.4 Å². The van der Waals surface area contributed by atoms with E-state index >= 15 is 0 Å². The summed E-state index contributed by atoms with van der Waals surface area (Å²) in [6.45, 7) is 0.470. The van der Waals surface area contributed by atoms with Gasteiger partial charge in [0.15, 0.2) is 11.5 Å². The number of carbonyl (C=O) groups is 1. The lowest BCUT2D eigenvalue weighted by atomic mass is 10.1. The van der Waals surface area contributed by atoms with Gasteiger partial charge in [0.25, 0.3) is 0 Å². The molecular weight excluding hydrogens is 346 g/mol. The van der Waals surface area contributed by atoms with Crippen LogP contribution in [0.4, 0.5) is 0 Å². The summed E-state index contributed by atoms with van der Waals surface area (Å²) in [6, 6.07) is 11.3. The first kappa shape index (κ1) is 20.4. The van der Waals surface area contributed by atoms with Gasteiger partial charge in [-0.05, 0) is 36.2 Å². The van der Waals surface area contributed by atoms with Crippen LogP contribution in [0.5, 0.6) is 23.0 Å². The van der Waals surface area contributed by atoms with E-state index in [1.165, 1.54) is 0 Å². The summed E-state index contributed by atoms with van der Waals surface area (Å²) in [5, 5.41) is 0. The van der Waals surface area contributed by atoms with Crippen molar-refractivity contribution in [1.82, 2.24) is 4.90 Å². The van der Waals surface area contributed by atoms with E-state index in [4.69, 9.17) is 18.9 Å². The number of methoxy groups -OCH3 is 4. The monoisotopic (exact) mass is 373 g/mol. The van der Waals surface area contributed by atoms with Crippen LogP contribution in [0.15, 0.2) is 36.4 Å². The number of nitrogens with zero attached hydrogens (tertiary/aromatic N) is 1.